The summed E-state index contributed by atoms with van der Waals surface area (Å²) in [5.41, 5.74) is 1.25. The Bertz CT molecular complexity index is 401. The average molecular weight is 275 g/mol. The molecule has 1 aromatic carbocycles. The Labute approximate surface area is 121 Å². The molecule has 1 amide bonds. The molecule has 110 valence electrons. The van der Waals surface area contributed by atoms with E-state index in [4.69, 9.17) is 0 Å². The fourth-order valence-electron chi connectivity index (χ4n) is 2.62. The number of carbonyl (C=O) groups is 1. The number of amides is 1. The normalized spacial score (nSPS) is 17.9. The highest BCUT2D eigenvalue weighted by Gasteiger charge is 2.21. The Kier molecular flexibility index (Phi) is 5.87. The molecule has 2 N–H and O–H groups in total. The van der Waals surface area contributed by atoms with Crippen LogP contribution in [0.5, 0.6) is 0 Å². The van der Waals surface area contributed by atoms with Crippen LogP contribution in [0.4, 0.5) is 5.69 Å². The van der Waals surface area contributed by atoms with E-state index in [-0.39, 0.29) is 11.9 Å². The third-order valence-electron chi connectivity index (χ3n) is 3.78. The Morgan fingerprint density at radius 2 is 2.20 bits per heavy atom. The number of hydrogen-bond donors (Lipinski definition) is 2. The van der Waals surface area contributed by atoms with Gasteiger partial charge in [0.25, 0.3) is 0 Å². The average Bonchev–Trinajstić information content (AvgIpc) is 3.02. The molecule has 1 heterocycles. The number of benzene rings is 1. The van der Waals surface area contributed by atoms with E-state index in [1.807, 2.05) is 6.07 Å². The highest BCUT2D eigenvalue weighted by atomic mass is 16.2. The van der Waals surface area contributed by atoms with E-state index in [0.29, 0.717) is 0 Å². The maximum atomic E-state index is 11.8. The number of nitrogens with one attached hydrogen (secondary N) is 2. The van der Waals surface area contributed by atoms with E-state index in [2.05, 4.69) is 46.7 Å². The third-order valence-corrected chi connectivity index (χ3v) is 3.78. The summed E-state index contributed by atoms with van der Waals surface area (Å²) in [4.78, 5) is 14.2. The Hall–Kier alpha value is -1.55. The number of para-hydroxylation sites is 1. The highest BCUT2D eigenvalue weighted by Crippen LogP contribution is 2.12. The van der Waals surface area contributed by atoms with E-state index in [1.54, 1.807) is 0 Å². The largest absolute Gasteiger partial charge is 0.372 e. The molecule has 0 aromatic heterocycles. The minimum Gasteiger partial charge on any atom is -0.372 e. The summed E-state index contributed by atoms with van der Waals surface area (Å²) in [5.74, 6) is 0.158. The standard InChI is InChI=1S/C16H25N3O/c1-2-19(14-8-4-3-5-9-14)13-7-12-18-16(20)15-10-6-11-17-15/h3-5,8-9,15,17H,2,6-7,10-13H2,1H3,(H,18,20)/t15-/m1/s1. The lowest BCUT2D eigenvalue weighted by Gasteiger charge is -2.23. The van der Waals surface area contributed by atoms with Crippen LogP contribution in [0, 0.1) is 0 Å². The Balaban J connectivity index is 1.68. The molecule has 2 rings (SSSR count). The number of anilines is 1. The van der Waals surface area contributed by atoms with Gasteiger partial charge in [0.1, 0.15) is 0 Å². The van der Waals surface area contributed by atoms with Crippen molar-refractivity contribution in [2.24, 2.45) is 0 Å². The molecule has 0 spiro atoms. The van der Waals surface area contributed by atoms with E-state index in [9.17, 15) is 4.79 Å². The molecule has 0 radical (unpaired) electrons. The predicted octanol–water partition coefficient (Wildman–Crippen LogP) is 1.77. The molecule has 0 unspecified atom stereocenters. The van der Waals surface area contributed by atoms with Crippen LogP contribution >= 0.6 is 0 Å². The van der Waals surface area contributed by atoms with Crippen molar-refractivity contribution < 1.29 is 4.79 Å². The molecule has 4 nitrogen and oxygen atoms in total. The van der Waals surface area contributed by atoms with Crippen molar-refractivity contribution >= 4 is 11.6 Å². The van der Waals surface area contributed by atoms with Crippen LogP contribution in [0.1, 0.15) is 26.2 Å². The van der Waals surface area contributed by atoms with Crippen LogP contribution < -0.4 is 15.5 Å². The van der Waals surface area contributed by atoms with Gasteiger partial charge >= 0.3 is 0 Å². The van der Waals surface area contributed by atoms with Crippen molar-refractivity contribution in [3.05, 3.63) is 30.3 Å². The maximum absolute atomic E-state index is 11.8. The monoisotopic (exact) mass is 275 g/mol. The second-order valence-corrected chi connectivity index (χ2v) is 5.21. The maximum Gasteiger partial charge on any atom is 0.237 e. The van der Waals surface area contributed by atoms with Crippen LogP contribution in [0.3, 0.4) is 0 Å². The van der Waals surface area contributed by atoms with Gasteiger partial charge in [-0.1, -0.05) is 18.2 Å². The second kappa shape index (κ2) is 7.90. The van der Waals surface area contributed by atoms with Gasteiger partial charge in [-0.3, -0.25) is 4.79 Å². The zero-order valence-electron chi connectivity index (χ0n) is 12.3. The molecular formula is C16H25N3O. The van der Waals surface area contributed by atoms with E-state index in [0.717, 1.165) is 45.4 Å². The van der Waals surface area contributed by atoms with Crippen LogP contribution in [0.25, 0.3) is 0 Å². The molecule has 4 heteroatoms. The first-order valence-corrected chi connectivity index (χ1v) is 7.62. The molecule has 1 fully saturated rings. The van der Waals surface area contributed by atoms with E-state index < -0.39 is 0 Å². The molecule has 0 saturated carbocycles. The third kappa shape index (κ3) is 4.23. The van der Waals surface area contributed by atoms with Crippen LogP contribution in [-0.4, -0.2) is 38.1 Å². The molecule has 0 aliphatic carbocycles. The van der Waals surface area contributed by atoms with Crippen molar-refractivity contribution in [1.82, 2.24) is 10.6 Å². The molecule has 1 saturated heterocycles. The number of rotatable bonds is 7. The first-order chi connectivity index (χ1) is 9.81. The Morgan fingerprint density at radius 1 is 1.40 bits per heavy atom. The summed E-state index contributed by atoms with van der Waals surface area (Å²) in [7, 11) is 0. The van der Waals surface area contributed by atoms with E-state index in [1.165, 1.54) is 5.69 Å². The van der Waals surface area contributed by atoms with Crippen LogP contribution in [-0.2, 0) is 4.79 Å². The molecule has 1 atom stereocenters. The summed E-state index contributed by atoms with van der Waals surface area (Å²) in [5, 5.41) is 6.25. The molecule has 1 aliphatic heterocycles. The second-order valence-electron chi connectivity index (χ2n) is 5.21. The fraction of sp³-hybridized carbons (Fsp3) is 0.562. The molecule has 20 heavy (non-hydrogen) atoms. The zero-order valence-corrected chi connectivity index (χ0v) is 12.3. The van der Waals surface area contributed by atoms with Gasteiger partial charge in [0.15, 0.2) is 0 Å². The minimum atomic E-state index is 0.0337. The number of carbonyl (C=O) groups excluding carboxylic acids is 1. The van der Waals surface area contributed by atoms with Crippen molar-refractivity contribution in [1.29, 1.82) is 0 Å². The van der Waals surface area contributed by atoms with E-state index >= 15 is 0 Å². The summed E-state index contributed by atoms with van der Waals surface area (Å²) >= 11 is 0. The van der Waals surface area contributed by atoms with Crippen LogP contribution in [0.2, 0.25) is 0 Å². The fourth-order valence-corrected chi connectivity index (χ4v) is 2.62. The van der Waals surface area contributed by atoms with Gasteiger partial charge < -0.3 is 15.5 Å². The van der Waals surface area contributed by atoms with Crippen molar-refractivity contribution in [3.63, 3.8) is 0 Å². The van der Waals surface area contributed by atoms with Crippen molar-refractivity contribution in [3.8, 4) is 0 Å². The molecule has 0 bridgehead atoms. The Morgan fingerprint density at radius 3 is 2.85 bits per heavy atom. The number of hydrogen-bond acceptors (Lipinski definition) is 3. The van der Waals surface area contributed by atoms with Gasteiger partial charge in [-0.05, 0) is 44.9 Å². The first kappa shape index (κ1) is 14.9. The van der Waals surface area contributed by atoms with Crippen molar-refractivity contribution in [2.75, 3.05) is 31.1 Å². The SMILES string of the molecule is CCN(CCCNC(=O)[C@H]1CCCN1)c1ccccc1. The first-order valence-electron chi connectivity index (χ1n) is 7.62. The van der Waals surface area contributed by atoms with Crippen LogP contribution in [0.15, 0.2) is 30.3 Å². The van der Waals surface area contributed by atoms with Gasteiger partial charge in [0.2, 0.25) is 5.91 Å². The van der Waals surface area contributed by atoms with Gasteiger partial charge in [-0.15, -0.1) is 0 Å². The molecular weight excluding hydrogens is 250 g/mol. The predicted molar refractivity (Wildman–Crippen MR) is 83.0 cm³/mol. The number of nitrogens with zero attached hydrogens (tertiary/aromatic N) is 1. The summed E-state index contributed by atoms with van der Waals surface area (Å²) in [6.07, 6.45) is 3.05. The van der Waals surface area contributed by atoms with Gasteiger partial charge in [-0.2, -0.15) is 0 Å². The zero-order chi connectivity index (χ0) is 14.2. The molecule has 1 aliphatic rings. The lowest BCUT2D eigenvalue weighted by molar-refractivity contribution is -0.122. The summed E-state index contributed by atoms with van der Waals surface area (Å²) < 4.78 is 0. The van der Waals surface area contributed by atoms with Gasteiger partial charge in [0, 0.05) is 25.3 Å². The summed E-state index contributed by atoms with van der Waals surface area (Å²) in [6, 6.07) is 10.4. The topological polar surface area (TPSA) is 44.4 Å². The summed E-state index contributed by atoms with van der Waals surface area (Å²) in [6.45, 7) is 5.84. The quantitative estimate of drug-likeness (QED) is 0.746. The van der Waals surface area contributed by atoms with Gasteiger partial charge in [0.05, 0.1) is 6.04 Å². The van der Waals surface area contributed by atoms with Crippen molar-refractivity contribution in [2.45, 2.75) is 32.2 Å². The lowest BCUT2D eigenvalue weighted by atomic mass is 10.2. The smallest absolute Gasteiger partial charge is 0.237 e. The lowest BCUT2D eigenvalue weighted by Crippen LogP contribution is -2.41. The minimum absolute atomic E-state index is 0.0337. The van der Waals surface area contributed by atoms with Gasteiger partial charge in [-0.25, -0.2) is 0 Å². The molecule has 1 aromatic rings. The highest BCUT2D eigenvalue weighted by molar-refractivity contribution is 5.81.